The number of carbonyl (C=O) groups is 4. The minimum absolute atomic E-state index is 0.0820. The van der Waals surface area contributed by atoms with Crippen LogP contribution in [0.3, 0.4) is 0 Å². The standard InChI is InChI=1S/C12H13I3N2O3.C8H7I3N2O.C4H8O2/c1-5(12(19)20)4-17(6(2)18)11-8(14)3-7(13)10(16)9(11)15;1-3(14)13-8-5(10)2-4(9)7(12)6(8)11;1-3(2)4(5)6/h3,5H,4,16H2,1-2H3,(H,19,20);2H,12H2,1H3,(H,13,14);3H,1-2H3,(H,5,6). The van der Waals surface area contributed by atoms with Gasteiger partial charge in [-0.25, -0.2) is 0 Å². The Morgan fingerprint density at radius 1 is 0.800 bits per heavy atom. The van der Waals surface area contributed by atoms with Crippen LogP contribution in [0.4, 0.5) is 22.7 Å². The molecule has 2 amide bonds. The van der Waals surface area contributed by atoms with E-state index < -0.39 is 17.9 Å². The van der Waals surface area contributed by atoms with E-state index in [0.29, 0.717) is 11.4 Å². The van der Waals surface area contributed by atoms with E-state index in [0.717, 1.165) is 32.8 Å². The molecule has 0 aliphatic heterocycles. The van der Waals surface area contributed by atoms with Crippen LogP contribution < -0.4 is 21.7 Å². The maximum atomic E-state index is 11.9. The summed E-state index contributed by atoms with van der Waals surface area (Å²) in [6, 6.07) is 3.83. The Morgan fingerprint density at radius 3 is 1.60 bits per heavy atom. The normalized spacial score (nSPS) is 10.9. The van der Waals surface area contributed by atoms with E-state index in [-0.39, 0.29) is 24.3 Å². The van der Waals surface area contributed by atoms with E-state index in [1.54, 1.807) is 20.8 Å². The maximum Gasteiger partial charge on any atom is 0.308 e. The highest BCUT2D eigenvalue weighted by molar-refractivity contribution is 14.1. The lowest BCUT2D eigenvalue weighted by Crippen LogP contribution is -2.36. The van der Waals surface area contributed by atoms with E-state index >= 15 is 0 Å². The van der Waals surface area contributed by atoms with Crippen LogP contribution in [-0.4, -0.2) is 40.5 Å². The summed E-state index contributed by atoms with van der Waals surface area (Å²) in [6.07, 6.45) is 0. The summed E-state index contributed by atoms with van der Waals surface area (Å²) in [5.41, 5.74) is 14.7. The number of amides is 2. The Balaban J connectivity index is 0.000000657. The quantitative estimate of drug-likeness (QED) is 0.153. The molecule has 1 unspecified atom stereocenters. The number of carboxylic acid groups (broad SMARTS) is 2. The van der Waals surface area contributed by atoms with E-state index in [1.807, 2.05) is 12.1 Å². The molecule has 10 nitrogen and oxygen atoms in total. The number of hydrogen-bond donors (Lipinski definition) is 5. The third kappa shape index (κ3) is 12.9. The van der Waals surface area contributed by atoms with Crippen molar-refractivity contribution in [3.8, 4) is 0 Å². The molecule has 0 radical (unpaired) electrons. The molecule has 2 rings (SSSR count). The lowest BCUT2D eigenvalue weighted by molar-refractivity contribution is -0.141. The molecule has 222 valence electrons. The molecule has 0 saturated carbocycles. The van der Waals surface area contributed by atoms with E-state index in [2.05, 4.69) is 141 Å². The summed E-state index contributed by atoms with van der Waals surface area (Å²) in [4.78, 5) is 45.0. The van der Waals surface area contributed by atoms with Gasteiger partial charge in [0.1, 0.15) is 0 Å². The van der Waals surface area contributed by atoms with Crippen LogP contribution >= 0.6 is 136 Å². The summed E-state index contributed by atoms with van der Waals surface area (Å²) in [5.74, 6) is -2.83. The van der Waals surface area contributed by atoms with Gasteiger partial charge >= 0.3 is 11.9 Å². The number of aliphatic carboxylic acids is 2. The molecule has 0 aliphatic rings. The molecule has 2 aromatic rings. The number of hydrogen-bond acceptors (Lipinski definition) is 6. The molecule has 2 aromatic carbocycles. The summed E-state index contributed by atoms with van der Waals surface area (Å²) in [7, 11) is 0. The predicted octanol–water partition coefficient (Wildman–Crippen LogP) is 6.92. The second kappa shape index (κ2) is 18.9. The fraction of sp³-hybridized carbons (Fsp3) is 0.333. The molecule has 0 bridgehead atoms. The number of nitrogens with zero attached hydrogens (tertiary/aromatic N) is 1. The summed E-state index contributed by atoms with van der Waals surface area (Å²) < 4.78 is 5.46. The molecule has 0 spiro atoms. The van der Waals surface area contributed by atoms with Crippen LogP contribution in [-0.2, 0) is 19.2 Å². The number of carboxylic acids is 2. The Bertz CT molecular complexity index is 1280. The van der Waals surface area contributed by atoms with Gasteiger partial charge in [0.2, 0.25) is 11.8 Å². The lowest BCUT2D eigenvalue weighted by atomic mass is 10.1. The molecule has 0 aromatic heterocycles. The van der Waals surface area contributed by atoms with Gasteiger partial charge in [-0.05, 0) is 148 Å². The van der Waals surface area contributed by atoms with Gasteiger partial charge in [0, 0.05) is 34.7 Å². The minimum Gasteiger partial charge on any atom is -0.481 e. The van der Waals surface area contributed by atoms with Crippen LogP contribution in [0.1, 0.15) is 34.6 Å². The van der Waals surface area contributed by atoms with Crippen LogP contribution in [0.15, 0.2) is 12.1 Å². The fourth-order valence-electron chi connectivity index (χ4n) is 2.47. The second-order valence-electron chi connectivity index (χ2n) is 8.40. The summed E-state index contributed by atoms with van der Waals surface area (Å²) in [5, 5.41) is 19.8. The number of carbonyl (C=O) groups excluding carboxylic acids is 2. The van der Waals surface area contributed by atoms with Gasteiger partial charge in [-0.1, -0.05) is 20.8 Å². The smallest absolute Gasteiger partial charge is 0.308 e. The van der Waals surface area contributed by atoms with E-state index in [1.165, 1.54) is 18.7 Å². The zero-order chi connectivity index (χ0) is 31.6. The first-order valence-corrected chi connectivity index (χ1v) is 17.6. The number of nitrogens with two attached hydrogens (primary N) is 2. The number of benzene rings is 2. The van der Waals surface area contributed by atoms with Crippen molar-refractivity contribution in [3.63, 3.8) is 0 Å². The van der Waals surface area contributed by atoms with Crippen LogP contribution in [0, 0.1) is 33.3 Å². The number of halogens is 6. The molecule has 0 aliphatic carbocycles. The molecule has 16 heteroatoms. The SMILES string of the molecule is CC(=O)N(CC(C)C(=O)O)c1c(I)cc(I)c(N)c1I.CC(=O)Nc1c(I)cc(I)c(N)c1I.CC(C)C(=O)O. The van der Waals surface area contributed by atoms with Crippen molar-refractivity contribution in [3.05, 3.63) is 33.6 Å². The average Bonchev–Trinajstić information content (AvgIpc) is 2.83. The molecule has 40 heavy (non-hydrogen) atoms. The third-order valence-electron chi connectivity index (χ3n) is 4.71. The van der Waals surface area contributed by atoms with Crippen molar-refractivity contribution in [2.45, 2.75) is 34.6 Å². The van der Waals surface area contributed by atoms with Gasteiger partial charge in [0.25, 0.3) is 0 Å². The predicted molar refractivity (Wildman–Crippen MR) is 210 cm³/mol. The first kappa shape index (κ1) is 40.3. The molecule has 0 saturated heterocycles. The Labute approximate surface area is 315 Å². The van der Waals surface area contributed by atoms with Gasteiger partial charge < -0.3 is 31.9 Å². The Kier molecular flexibility index (Phi) is 19.0. The van der Waals surface area contributed by atoms with Crippen molar-refractivity contribution >= 4 is 182 Å². The minimum atomic E-state index is -0.931. The molecular formula is C24H28I6N4O6. The molecule has 0 heterocycles. The second-order valence-corrected chi connectivity index (χ2v) is 15.2. The average molecular weight is 1230 g/mol. The fourth-order valence-corrected chi connectivity index (χ4v) is 10.1. The zero-order valence-electron chi connectivity index (χ0n) is 21.9. The number of rotatable bonds is 6. The first-order chi connectivity index (χ1) is 18.2. The van der Waals surface area contributed by atoms with Crippen molar-refractivity contribution in [1.82, 2.24) is 0 Å². The monoisotopic (exact) mass is 1230 g/mol. The molecule has 7 N–H and O–H groups in total. The summed E-state index contributed by atoms with van der Waals surface area (Å²) >= 11 is 12.9. The largest absolute Gasteiger partial charge is 0.481 e. The highest BCUT2D eigenvalue weighted by Gasteiger charge is 2.25. The van der Waals surface area contributed by atoms with Gasteiger partial charge in [0.15, 0.2) is 0 Å². The van der Waals surface area contributed by atoms with E-state index in [4.69, 9.17) is 21.7 Å². The van der Waals surface area contributed by atoms with E-state index in [9.17, 15) is 19.2 Å². The molecular weight excluding hydrogens is 1200 g/mol. The number of nitrogen functional groups attached to an aromatic ring is 2. The third-order valence-corrected chi connectivity index (χ3v) is 10.4. The molecule has 1 atom stereocenters. The van der Waals surface area contributed by atoms with Crippen LogP contribution in [0.25, 0.3) is 0 Å². The maximum absolute atomic E-state index is 11.9. The van der Waals surface area contributed by atoms with Crippen molar-refractivity contribution in [2.75, 3.05) is 28.2 Å². The Hall–Kier alpha value is 0.300. The van der Waals surface area contributed by atoms with Crippen LogP contribution in [0.5, 0.6) is 0 Å². The van der Waals surface area contributed by atoms with Crippen molar-refractivity contribution in [2.24, 2.45) is 11.8 Å². The number of anilines is 4. The van der Waals surface area contributed by atoms with Gasteiger partial charge in [-0.2, -0.15) is 0 Å². The Morgan fingerprint density at radius 2 is 1.23 bits per heavy atom. The first-order valence-electron chi connectivity index (χ1n) is 11.1. The van der Waals surface area contributed by atoms with Gasteiger partial charge in [0.05, 0.1) is 41.7 Å². The highest BCUT2D eigenvalue weighted by Crippen LogP contribution is 2.36. The van der Waals surface area contributed by atoms with Gasteiger partial charge in [-0.15, -0.1) is 0 Å². The van der Waals surface area contributed by atoms with Gasteiger partial charge in [-0.3, -0.25) is 19.2 Å². The molecule has 0 fully saturated rings. The van der Waals surface area contributed by atoms with Crippen molar-refractivity contribution < 1.29 is 29.4 Å². The number of nitrogens with one attached hydrogen (secondary N) is 1. The topological polar surface area (TPSA) is 176 Å². The summed E-state index contributed by atoms with van der Waals surface area (Å²) in [6.45, 7) is 7.89. The lowest BCUT2D eigenvalue weighted by Gasteiger charge is -2.26. The highest BCUT2D eigenvalue weighted by atomic mass is 127. The van der Waals surface area contributed by atoms with Crippen LogP contribution in [0.2, 0.25) is 0 Å². The van der Waals surface area contributed by atoms with Crippen molar-refractivity contribution in [1.29, 1.82) is 0 Å². The zero-order valence-corrected chi connectivity index (χ0v) is 34.9.